The highest BCUT2D eigenvalue weighted by atomic mass is 32.1. The molecule has 0 fully saturated rings. The average Bonchev–Trinajstić information content (AvgIpc) is 3.31. The Balaban J connectivity index is 1.75. The zero-order valence-electron chi connectivity index (χ0n) is 17.2. The second-order valence-corrected chi connectivity index (χ2v) is 7.51. The van der Waals surface area contributed by atoms with E-state index in [0.29, 0.717) is 25.6 Å². The molecule has 6 heteroatoms. The number of carbonyl (C=O) groups is 1. The summed E-state index contributed by atoms with van der Waals surface area (Å²) in [4.78, 5) is 12.9. The lowest BCUT2D eigenvalue weighted by Crippen LogP contribution is -2.24. The van der Waals surface area contributed by atoms with Crippen molar-refractivity contribution < 1.29 is 18.7 Å². The number of furan rings is 1. The van der Waals surface area contributed by atoms with Crippen LogP contribution < -0.4 is 4.90 Å². The normalized spacial score (nSPS) is 10.8. The number of anilines is 1. The van der Waals surface area contributed by atoms with Crippen LogP contribution in [0.25, 0.3) is 6.08 Å². The van der Waals surface area contributed by atoms with Crippen LogP contribution in [0.5, 0.6) is 0 Å². The summed E-state index contributed by atoms with van der Waals surface area (Å²) in [5.74, 6) is 12.4. The highest BCUT2D eigenvalue weighted by Gasteiger charge is 2.16. The van der Waals surface area contributed by atoms with E-state index in [2.05, 4.69) is 35.1 Å². The molecular weight excluding hydrogens is 386 g/mol. The van der Waals surface area contributed by atoms with E-state index in [0.717, 1.165) is 5.76 Å². The molecule has 0 aliphatic carbocycles. The Hall–Kier alpha value is -2.93. The SMILES string of the molecule is CC(=O)OC(C)(C)C#CC#CCN(C)c1ccc(COCC=Cc2ccsc2)o1. The molecule has 5 nitrogen and oxygen atoms in total. The maximum Gasteiger partial charge on any atom is 0.304 e. The first-order valence-electron chi connectivity index (χ1n) is 9.12. The summed E-state index contributed by atoms with van der Waals surface area (Å²) < 4.78 is 16.5. The molecule has 0 atom stereocenters. The molecule has 2 heterocycles. The van der Waals surface area contributed by atoms with Gasteiger partial charge in [-0.05, 0) is 60.1 Å². The maximum absolute atomic E-state index is 11.0. The molecule has 29 heavy (non-hydrogen) atoms. The van der Waals surface area contributed by atoms with Crippen LogP contribution in [0.1, 0.15) is 32.1 Å². The van der Waals surface area contributed by atoms with E-state index in [-0.39, 0.29) is 5.97 Å². The Morgan fingerprint density at radius 3 is 2.86 bits per heavy atom. The topological polar surface area (TPSA) is 51.9 Å². The Morgan fingerprint density at radius 1 is 1.31 bits per heavy atom. The van der Waals surface area contributed by atoms with Crippen molar-refractivity contribution >= 4 is 29.3 Å². The zero-order chi connectivity index (χ0) is 21.1. The van der Waals surface area contributed by atoms with Gasteiger partial charge in [0.2, 0.25) is 0 Å². The van der Waals surface area contributed by atoms with Crippen molar-refractivity contribution in [2.24, 2.45) is 0 Å². The molecule has 2 aromatic heterocycles. The van der Waals surface area contributed by atoms with Gasteiger partial charge in [-0.3, -0.25) is 4.79 Å². The summed E-state index contributed by atoms with van der Waals surface area (Å²) in [5.41, 5.74) is 0.336. The summed E-state index contributed by atoms with van der Waals surface area (Å²) in [6.07, 6.45) is 4.02. The molecule has 0 amide bonds. The van der Waals surface area contributed by atoms with E-state index in [1.54, 1.807) is 25.2 Å². The lowest BCUT2D eigenvalue weighted by Gasteiger charge is -2.16. The quantitative estimate of drug-likeness (QED) is 0.367. The fourth-order valence-electron chi connectivity index (χ4n) is 2.28. The van der Waals surface area contributed by atoms with Gasteiger partial charge < -0.3 is 18.8 Å². The van der Waals surface area contributed by atoms with Crippen molar-refractivity contribution in [2.45, 2.75) is 33.0 Å². The third-order valence-electron chi connectivity index (χ3n) is 3.57. The second kappa shape index (κ2) is 11.2. The minimum absolute atomic E-state index is 0.368. The van der Waals surface area contributed by atoms with Crippen molar-refractivity contribution in [1.82, 2.24) is 0 Å². The summed E-state index contributed by atoms with van der Waals surface area (Å²) in [6, 6.07) is 5.84. The van der Waals surface area contributed by atoms with Gasteiger partial charge in [-0.2, -0.15) is 11.3 Å². The van der Waals surface area contributed by atoms with E-state index in [1.807, 2.05) is 41.6 Å². The molecular formula is C23H25NO4S. The van der Waals surface area contributed by atoms with Gasteiger partial charge in [-0.1, -0.05) is 18.1 Å². The summed E-state index contributed by atoms with van der Waals surface area (Å²) in [7, 11) is 1.89. The molecule has 152 valence electrons. The van der Waals surface area contributed by atoms with Crippen LogP contribution in [-0.4, -0.2) is 31.8 Å². The Morgan fingerprint density at radius 2 is 2.14 bits per heavy atom. The molecule has 0 aliphatic rings. The average molecular weight is 412 g/mol. The number of carbonyl (C=O) groups excluding carboxylic acids is 1. The fraction of sp³-hybridized carbons (Fsp3) is 0.348. The molecule has 0 N–H and O–H groups in total. The van der Waals surface area contributed by atoms with Crippen LogP contribution in [0.4, 0.5) is 5.88 Å². The van der Waals surface area contributed by atoms with Crippen LogP contribution in [0.15, 0.2) is 39.5 Å². The Labute approximate surface area is 176 Å². The van der Waals surface area contributed by atoms with Gasteiger partial charge in [0.15, 0.2) is 11.5 Å². The van der Waals surface area contributed by atoms with Gasteiger partial charge in [0.1, 0.15) is 12.4 Å². The van der Waals surface area contributed by atoms with Gasteiger partial charge >= 0.3 is 5.97 Å². The van der Waals surface area contributed by atoms with Crippen LogP contribution >= 0.6 is 11.3 Å². The van der Waals surface area contributed by atoms with Crippen LogP contribution in [0.3, 0.4) is 0 Å². The smallest absolute Gasteiger partial charge is 0.304 e. The van der Waals surface area contributed by atoms with Gasteiger partial charge in [0.05, 0.1) is 13.2 Å². The Bertz CT molecular complexity index is 933. The standard InChI is InChI=1S/C23H25NO4S/c1-19(25)28-23(2,3)13-6-5-7-14-24(4)22-11-10-21(27-22)17-26-15-8-9-20-12-16-29-18-20/h8-12,16,18H,14-15,17H2,1-4H3. The van der Waals surface area contributed by atoms with Crippen molar-refractivity contribution in [1.29, 1.82) is 0 Å². The maximum atomic E-state index is 11.0. The molecule has 2 aromatic rings. The fourth-order valence-corrected chi connectivity index (χ4v) is 2.91. The second-order valence-electron chi connectivity index (χ2n) is 6.73. The van der Waals surface area contributed by atoms with Gasteiger partial charge in [0, 0.05) is 20.0 Å². The third kappa shape index (κ3) is 8.74. The largest absolute Gasteiger partial charge is 0.447 e. The zero-order valence-corrected chi connectivity index (χ0v) is 18.0. The summed E-state index contributed by atoms with van der Waals surface area (Å²) in [5, 5.41) is 4.13. The van der Waals surface area contributed by atoms with E-state index >= 15 is 0 Å². The highest BCUT2D eigenvalue weighted by molar-refractivity contribution is 7.08. The molecule has 2 rings (SSSR count). The first-order valence-corrected chi connectivity index (χ1v) is 10.1. The predicted molar refractivity (Wildman–Crippen MR) is 116 cm³/mol. The molecule has 0 saturated heterocycles. The Kier molecular flexibility index (Phi) is 8.61. The molecule has 0 bridgehead atoms. The van der Waals surface area contributed by atoms with Crippen molar-refractivity contribution in [3.63, 3.8) is 0 Å². The van der Waals surface area contributed by atoms with Crippen molar-refractivity contribution in [3.05, 3.63) is 46.4 Å². The molecule has 0 saturated carbocycles. The molecule has 0 radical (unpaired) electrons. The van der Waals surface area contributed by atoms with E-state index in [9.17, 15) is 4.79 Å². The number of nitrogens with zero attached hydrogens (tertiary/aromatic N) is 1. The van der Waals surface area contributed by atoms with E-state index in [1.165, 1.54) is 12.5 Å². The molecule has 0 aromatic carbocycles. The number of hydrogen-bond donors (Lipinski definition) is 0. The van der Waals surface area contributed by atoms with E-state index in [4.69, 9.17) is 13.9 Å². The number of ether oxygens (including phenoxy) is 2. The first-order chi connectivity index (χ1) is 13.9. The van der Waals surface area contributed by atoms with Crippen LogP contribution in [-0.2, 0) is 20.9 Å². The number of hydrogen-bond acceptors (Lipinski definition) is 6. The summed E-state index contributed by atoms with van der Waals surface area (Å²) in [6.45, 7) is 6.19. The predicted octanol–water partition coefficient (Wildman–Crippen LogP) is 4.36. The third-order valence-corrected chi connectivity index (χ3v) is 4.27. The first kappa shape index (κ1) is 22.4. The van der Waals surface area contributed by atoms with Crippen LogP contribution in [0.2, 0.25) is 0 Å². The lowest BCUT2D eigenvalue weighted by atomic mass is 10.1. The minimum atomic E-state index is -0.846. The van der Waals surface area contributed by atoms with Crippen molar-refractivity contribution in [3.8, 4) is 23.7 Å². The van der Waals surface area contributed by atoms with E-state index < -0.39 is 5.60 Å². The van der Waals surface area contributed by atoms with Gasteiger partial charge in [-0.25, -0.2) is 0 Å². The minimum Gasteiger partial charge on any atom is -0.447 e. The van der Waals surface area contributed by atoms with Gasteiger partial charge in [0.25, 0.3) is 0 Å². The molecule has 0 spiro atoms. The molecule has 0 unspecified atom stereocenters. The van der Waals surface area contributed by atoms with Crippen molar-refractivity contribution in [2.75, 3.05) is 25.1 Å². The van der Waals surface area contributed by atoms with Gasteiger partial charge in [-0.15, -0.1) is 0 Å². The number of thiophene rings is 1. The monoisotopic (exact) mass is 411 g/mol. The lowest BCUT2D eigenvalue weighted by molar-refractivity contribution is -0.148. The summed E-state index contributed by atoms with van der Waals surface area (Å²) >= 11 is 1.67. The molecule has 0 aliphatic heterocycles. The number of esters is 1. The highest BCUT2D eigenvalue weighted by Crippen LogP contribution is 2.17. The van der Waals surface area contributed by atoms with Crippen LogP contribution in [0, 0.1) is 23.7 Å². The number of rotatable bonds is 8.